The van der Waals surface area contributed by atoms with Crippen LogP contribution in [0, 0.1) is 0 Å². The van der Waals surface area contributed by atoms with Gasteiger partial charge in [0.1, 0.15) is 5.69 Å². The van der Waals surface area contributed by atoms with Gasteiger partial charge < -0.3 is 5.32 Å². The van der Waals surface area contributed by atoms with Crippen molar-refractivity contribution in [3.63, 3.8) is 0 Å². The monoisotopic (exact) mass is 313 g/mol. The molecule has 1 aromatic rings. The minimum absolute atomic E-state index is 0.0941. The first-order chi connectivity index (χ1) is 10.9. The summed E-state index contributed by atoms with van der Waals surface area (Å²) in [6.07, 6.45) is 8.58. The van der Waals surface area contributed by atoms with Crippen molar-refractivity contribution in [2.75, 3.05) is 0 Å². The fourth-order valence-corrected chi connectivity index (χ4v) is 1.97. The number of aromatic nitrogens is 1. The van der Waals surface area contributed by atoms with Crippen LogP contribution in [0.2, 0.25) is 0 Å². The van der Waals surface area contributed by atoms with Gasteiger partial charge in [0.15, 0.2) is 0 Å². The van der Waals surface area contributed by atoms with Crippen molar-refractivity contribution in [3.8, 4) is 0 Å². The maximum Gasteiger partial charge on any atom is 0.270 e. The van der Waals surface area contributed by atoms with Crippen LogP contribution in [0.25, 0.3) is 12.2 Å². The van der Waals surface area contributed by atoms with Crippen molar-refractivity contribution in [2.24, 2.45) is 4.99 Å². The highest BCUT2D eigenvalue weighted by atomic mass is 16.1. The molecule has 0 bridgehead atoms. The lowest BCUT2D eigenvalue weighted by Crippen LogP contribution is -2.36. The number of hydrogen-bond acceptors (Lipinski definition) is 3. The Kier molecular flexibility index (Phi) is 7.39. The summed E-state index contributed by atoms with van der Waals surface area (Å²) in [5, 5.41) is 5.04. The number of rotatable bonds is 5. The molecule has 0 spiro atoms. The highest BCUT2D eigenvalue weighted by Crippen LogP contribution is 2.02. The van der Waals surface area contributed by atoms with E-state index in [9.17, 15) is 4.79 Å². The van der Waals surface area contributed by atoms with Crippen molar-refractivity contribution in [3.05, 3.63) is 40.2 Å². The zero-order valence-corrected chi connectivity index (χ0v) is 15.0. The highest BCUT2D eigenvalue weighted by molar-refractivity contribution is 5.92. The van der Waals surface area contributed by atoms with Gasteiger partial charge in [0.25, 0.3) is 5.91 Å². The SMILES string of the molecule is C/C=c1/cc(C(=O)NC(C)/C(C)=C/N=C(C)C)nc/c1=C\CC. The summed E-state index contributed by atoms with van der Waals surface area (Å²) in [6.45, 7) is 11.8. The third-order valence-corrected chi connectivity index (χ3v) is 3.49. The Hall–Kier alpha value is -2.23. The Morgan fingerprint density at radius 2 is 2.04 bits per heavy atom. The average molecular weight is 313 g/mol. The molecular weight excluding hydrogens is 286 g/mol. The van der Waals surface area contributed by atoms with E-state index in [4.69, 9.17) is 0 Å². The highest BCUT2D eigenvalue weighted by Gasteiger charge is 2.12. The number of nitrogens with one attached hydrogen (secondary N) is 1. The van der Waals surface area contributed by atoms with Gasteiger partial charge in [0.05, 0.1) is 0 Å². The van der Waals surface area contributed by atoms with Gasteiger partial charge in [0, 0.05) is 24.2 Å². The molecule has 1 unspecified atom stereocenters. The summed E-state index contributed by atoms with van der Waals surface area (Å²) in [7, 11) is 0. The molecule has 0 saturated carbocycles. The number of pyridine rings is 1. The van der Waals surface area contributed by atoms with Crippen LogP contribution < -0.4 is 15.8 Å². The standard InChI is InChI=1S/C19H27N3O/c1-7-9-17-12-21-18(10-16(17)8-2)19(23)22-15(6)14(5)11-20-13(3)4/h8-12,15H,7H2,1-6H3,(H,22,23)/b14-11+,16-8-,17-9+. The smallest absolute Gasteiger partial charge is 0.270 e. The molecule has 1 amide bonds. The predicted molar refractivity (Wildman–Crippen MR) is 97.9 cm³/mol. The van der Waals surface area contributed by atoms with Gasteiger partial charge in [-0.25, -0.2) is 0 Å². The third kappa shape index (κ3) is 5.81. The van der Waals surface area contributed by atoms with Crippen molar-refractivity contribution in [2.45, 2.75) is 54.0 Å². The van der Waals surface area contributed by atoms with Gasteiger partial charge in [-0.05, 0) is 63.1 Å². The van der Waals surface area contributed by atoms with Gasteiger partial charge >= 0.3 is 0 Å². The second kappa shape index (κ2) is 9.03. The van der Waals surface area contributed by atoms with E-state index in [-0.39, 0.29) is 11.9 Å². The maximum atomic E-state index is 12.4. The Morgan fingerprint density at radius 1 is 1.35 bits per heavy atom. The molecule has 23 heavy (non-hydrogen) atoms. The molecule has 0 aromatic carbocycles. The molecule has 1 heterocycles. The molecule has 0 saturated heterocycles. The van der Waals surface area contributed by atoms with Crippen molar-refractivity contribution in [1.82, 2.24) is 10.3 Å². The van der Waals surface area contributed by atoms with Gasteiger partial charge in [-0.3, -0.25) is 14.8 Å². The minimum Gasteiger partial charge on any atom is -0.344 e. The van der Waals surface area contributed by atoms with Gasteiger partial charge in [0.2, 0.25) is 0 Å². The van der Waals surface area contributed by atoms with Crippen LogP contribution in [0.4, 0.5) is 0 Å². The Bertz CT molecular complexity index is 725. The van der Waals surface area contributed by atoms with Crippen LogP contribution in [0.1, 0.15) is 58.5 Å². The number of carbonyl (C=O) groups excluding carboxylic acids is 1. The molecule has 0 fully saturated rings. The Morgan fingerprint density at radius 3 is 2.61 bits per heavy atom. The molecule has 0 aliphatic rings. The van der Waals surface area contributed by atoms with Crippen molar-refractivity contribution < 1.29 is 4.79 Å². The van der Waals surface area contributed by atoms with Gasteiger partial charge in [-0.2, -0.15) is 0 Å². The number of carbonyl (C=O) groups is 1. The molecule has 1 N–H and O–H groups in total. The van der Waals surface area contributed by atoms with Gasteiger partial charge in [-0.1, -0.05) is 19.1 Å². The molecule has 0 radical (unpaired) electrons. The molecule has 0 aliphatic carbocycles. The summed E-state index contributed by atoms with van der Waals surface area (Å²) in [5.41, 5.74) is 2.41. The zero-order valence-electron chi connectivity index (χ0n) is 15.0. The summed E-state index contributed by atoms with van der Waals surface area (Å²) in [5.74, 6) is -0.173. The molecule has 1 aromatic heterocycles. The zero-order chi connectivity index (χ0) is 17.4. The number of aliphatic imine (C=N–C) groups is 1. The van der Waals surface area contributed by atoms with E-state index < -0.39 is 0 Å². The largest absolute Gasteiger partial charge is 0.344 e. The lowest BCUT2D eigenvalue weighted by atomic mass is 10.1. The lowest BCUT2D eigenvalue weighted by Gasteiger charge is -2.13. The summed E-state index contributed by atoms with van der Waals surface area (Å²) < 4.78 is 0. The van der Waals surface area contributed by atoms with E-state index in [2.05, 4.69) is 28.3 Å². The van der Waals surface area contributed by atoms with Crippen LogP contribution >= 0.6 is 0 Å². The van der Waals surface area contributed by atoms with E-state index in [1.165, 1.54) is 0 Å². The van der Waals surface area contributed by atoms with Crippen LogP contribution in [0.5, 0.6) is 0 Å². The normalized spacial score (nSPS) is 14.6. The van der Waals surface area contributed by atoms with E-state index in [0.29, 0.717) is 5.69 Å². The number of amides is 1. The molecule has 1 atom stereocenters. The maximum absolute atomic E-state index is 12.4. The first kappa shape index (κ1) is 18.8. The predicted octanol–water partition coefficient (Wildman–Crippen LogP) is 2.58. The van der Waals surface area contributed by atoms with Crippen LogP contribution in [-0.4, -0.2) is 22.6 Å². The summed E-state index contributed by atoms with van der Waals surface area (Å²) >= 11 is 0. The second-order valence-corrected chi connectivity index (χ2v) is 5.74. The topological polar surface area (TPSA) is 54.4 Å². The van der Waals surface area contributed by atoms with Crippen LogP contribution in [0.3, 0.4) is 0 Å². The fraction of sp³-hybridized carbons (Fsp3) is 0.421. The van der Waals surface area contributed by atoms with E-state index in [1.54, 1.807) is 12.4 Å². The summed E-state index contributed by atoms with van der Waals surface area (Å²) in [4.78, 5) is 20.9. The third-order valence-electron chi connectivity index (χ3n) is 3.49. The molecule has 124 valence electrons. The lowest BCUT2D eigenvalue weighted by molar-refractivity contribution is 0.0940. The fourth-order valence-electron chi connectivity index (χ4n) is 1.97. The van der Waals surface area contributed by atoms with Crippen molar-refractivity contribution >= 4 is 23.8 Å². The Labute approximate surface area is 138 Å². The molecule has 4 heteroatoms. The van der Waals surface area contributed by atoms with Crippen LogP contribution in [-0.2, 0) is 0 Å². The number of nitrogens with zero attached hydrogens (tertiary/aromatic N) is 2. The summed E-state index contributed by atoms with van der Waals surface area (Å²) in [6, 6.07) is 1.74. The first-order valence-electron chi connectivity index (χ1n) is 8.00. The van der Waals surface area contributed by atoms with Crippen molar-refractivity contribution in [1.29, 1.82) is 0 Å². The molecular formula is C19H27N3O. The average Bonchev–Trinajstić information content (AvgIpc) is 2.52. The minimum atomic E-state index is -0.173. The quantitative estimate of drug-likeness (QED) is 0.850. The van der Waals surface area contributed by atoms with Gasteiger partial charge in [-0.15, -0.1) is 0 Å². The molecule has 1 rings (SSSR count). The second-order valence-electron chi connectivity index (χ2n) is 5.74. The number of hydrogen-bond donors (Lipinski definition) is 1. The van der Waals surface area contributed by atoms with E-state index in [1.807, 2.05) is 46.8 Å². The van der Waals surface area contributed by atoms with E-state index in [0.717, 1.165) is 28.1 Å². The first-order valence-corrected chi connectivity index (χ1v) is 8.00. The molecule has 0 aliphatic heterocycles. The Balaban J connectivity index is 2.97. The van der Waals surface area contributed by atoms with E-state index >= 15 is 0 Å². The van der Waals surface area contributed by atoms with Crippen LogP contribution in [0.15, 0.2) is 29.0 Å². The molecule has 4 nitrogen and oxygen atoms in total.